The van der Waals surface area contributed by atoms with Gasteiger partial charge in [-0.2, -0.15) is 13.2 Å². The summed E-state index contributed by atoms with van der Waals surface area (Å²) >= 11 is 1.43. The van der Waals surface area contributed by atoms with Crippen LogP contribution in [-0.2, 0) is 17.4 Å². The average molecular weight is 377 g/mol. The van der Waals surface area contributed by atoms with Crippen molar-refractivity contribution < 1.29 is 18.0 Å². The number of alkyl halides is 3. The molecule has 0 aliphatic heterocycles. The summed E-state index contributed by atoms with van der Waals surface area (Å²) in [5.41, 5.74) is 1.01. The first-order valence-corrected chi connectivity index (χ1v) is 8.62. The normalized spacial score (nSPS) is 11.3. The summed E-state index contributed by atoms with van der Waals surface area (Å²) < 4.78 is 38.1. The van der Waals surface area contributed by atoms with Crippen LogP contribution < -0.4 is 5.32 Å². The minimum absolute atomic E-state index is 0.125. The number of rotatable bonds is 5. The lowest BCUT2D eigenvalue weighted by Gasteiger charge is -2.09. The number of carbonyl (C=O) groups is 1. The minimum atomic E-state index is -4.44. The Morgan fingerprint density at radius 3 is 2.77 bits per heavy atom. The van der Waals surface area contributed by atoms with E-state index in [4.69, 9.17) is 0 Å². The molecule has 0 radical (unpaired) electrons. The first kappa shape index (κ1) is 18.1. The van der Waals surface area contributed by atoms with Gasteiger partial charge in [0.2, 0.25) is 5.91 Å². The molecule has 3 rings (SSSR count). The van der Waals surface area contributed by atoms with Gasteiger partial charge in [-0.05, 0) is 30.3 Å². The Balaban J connectivity index is 1.57. The van der Waals surface area contributed by atoms with Crippen LogP contribution in [0.2, 0.25) is 0 Å². The molecular weight excluding hydrogens is 363 g/mol. The summed E-state index contributed by atoms with van der Waals surface area (Å²) in [7, 11) is 0. The fraction of sp³-hybridized carbons (Fsp3) is 0.167. The second-order valence-electron chi connectivity index (χ2n) is 5.49. The van der Waals surface area contributed by atoms with Crippen LogP contribution in [0.5, 0.6) is 0 Å². The zero-order chi connectivity index (χ0) is 18.6. The molecule has 0 saturated carbocycles. The Morgan fingerprint density at radius 2 is 2.04 bits per heavy atom. The fourth-order valence-electron chi connectivity index (χ4n) is 2.29. The van der Waals surface area contributed by atoms with E-state index in [1.165, 1.54) is 23.5 Å². The van der Waals surface area contributed by atoms with E-state index < -0.39 is 11.7 Å². The van der Waals surface area contributed by atoms with E-state index in [9.17, 15) is 18.0 Å². The van der Waals surface area contributed by atoms with Gasteiger partial charge in [0.05, 0.1) is 16.3 Å². The van der Waals surface area contributed by atoms with Crippen molar-refractivity contribution in [2.75, 3.05) is 5.32 Å². The van der Waals surface area contributed by atoms with Gasteiger partial charge in [-0.15, -0.1) is 11.3 Å². The molecule has 0 aliphatic rings. The van der Waals surface area contributed by atoms with E-state index in [1.807, 2.05) is 17.5 Å². The minimum Gasteiger partial charge on any atom is -0.326 e. The zero-order valence-electron chi connectivity index (χ0n) is 13.5. The molecule has 134 valence electrons. The summed E-state index contributed by atoms with van der Waals surface area (Å²) in [6, 6.07) is 8.28. The summed E-state index contributed by atoms with van der Waals surface area (Å²) in [5, 5.41) is 5.16. The number of aryl methyl sites for hydroxylation is 1. The number of hydrogen-bond acceptors (Lipinski definition) is 4. The molecule has 1 amide bonds. The van der Waals surface area contributed by atoms with Gasteiger partial charge in [-0.25, -0.2) is 4.98 Å². The summed E-state index contributed by atoms with van der Waals surface area (Å²) in [6.45, 7) is 0. The SMILES string of the molecule is O=C(CCc1nc(-c2cccnc2)cs1)Nc1cccc(C(F)(F)F)c1. The quantitative estimate of drug-likeness (QED) is 0.695. The number of halogens is 3. The standard InChI is InChI=1S/C18H14F3N3OS/c19-18(20,21)13-4-1-5-14(9-13)23-16(25)6-7-17-24-15(11-26-17)12-3-2-8-22-10-12/h1-5,8-11H,6-7H2,(H,23,25). The van der Waals surface area contributed by atoms with Crippen molar-refractivity contribution in [1.29, 1.82) is 0 Å². The van der Waals surface area contributed by atoms with Crippen LogP contribution in [0.25, 0.3) is 11.3 Å². The lowest BCUT2D eigenvalue weighted by Crippen LogP contribution is -2.13. The average Bonchev–Trinajstić information content (AvgIpc) is 3.09. The molecule has 8 heteroatoms. The number of benzene rings is 1. The van der Waals surface area contributed by atoms with Gasteiger partial charge >= 0.3 is 6.18 Å². The van der Waals surface area contributed by atoms with Crippen molar-refractivity contribution in [2.24, 2.45) is 0 Å². The molecular formula is C18H14F3N3OS. The number of anilines is 1. The lowest BCUT2D eigenvalue weighted by atomic mass is 10.2. The zero-order valence-corrected chi connectivity index (χ0v) is 14.3. The van der Waals surface area contributed by atoms with Crippen LogP contribution in [0.3, 0.4) is 0 Å². The molecule has 3 aromatic rings. The van der Waals surface area contributed by atoms with Crippen LogP contribution in [0.1, 0.15) is 17.0 Å². The number of hydrogen-bond donors (Lipinski definition) is 1. The van der Waals surface area contributed by atoms with Gasteiger partial charge in [0.25, 0.3) is 0 Å². The molecule has 0 fully saturated rings. The van der Waals surface area contributed by atoms with Gasteiger partial charge in [0.15, 0.2) is 0 Å². The fourth-order valence-corrected chi connectivity index (χ4v) is 3.10. The van der Waals surface area contributed by atoms with E-state index in [0.29, 0.717) is 6.42 Å². The first-order valence-electron chi connectivity index (χ1n) is 7.74. The number of carbonyl (C=O) groups excluding carboxylic acids is 1. The lowest BCUT2D eigenvalue weighted by molar-refractivity contribution is -0.137. The Labute approximate surface area is 151 Å². The Kier molecular flexibility index (Phi) is 5.32. The second kappa shape index (κ2) is 7.65. The monoisotopic (exact) mass is 377 g/mol. The molecule has 0 bridgehead atoms. The number of pyridine rings is 1. The summed E-state index contributed by atoms with van der Waals surface area (Å²) in [4.78, 5) is 20.5. The van der Waals surface area contributed by atoms with Gasteiger partial charge in [-0.3, -0.25) is 9.78 Å². The maximum Gasteiger partial charge on any atom is 0.416 e. The van der Waals surface area contributed by atoms with Crippen LogP contribution in [0.4, 0.5) is 18.9 Å². The third-order valence-electron chi connectivity index (χ3n) is 3.55. The Bertz CT molecular complexity index is 894. The third-order valence-corrected chi connectivity index (χ3v) is 4.46. The van der Waals surface area contributed by atoms with Gasteiger partial charge < -0.3 is 5.32 Å². The molecule has 0 atom stereocenters. The van der Waals surface area contributed by atoms with Crippen molar-refractivity contribution in [3.05, 3.63) is 64.7 Å². The number of nitrogens with zero attached hydrogens (tertiary/aromatic N) is 2. The van der Waals surface area contributed by atoms with Gasteiger partial charge in [0, 0.05) is 41.9 Å². The highest BCUT2D eigenvalue weighted by Crippen LogP contribution is 2.30. The van der Waals surface area contributed by atoms with Crippen molar-refractivity contribution in [3.63, 3.8) is 0 Å². The predicted octanol–water partition coefficient (Wildman–Crippen LogP) is 4.80. The van der Waals surface area contributed by atoms with Crippen LogP contribution >= 0.6 is 11.3 Å². The van der Waals surface area contributed by atoms with Crippen LogP contribution in [0.15, 0.2) is 54.2 Å². The topological polar surface area (TPSA) is 54.9 Å². The van der Waals surface area contributed by atoms with Crippen molar-refractivity contribution in [3.8, 4) is 11.3 Å². The highest BCUT2D eigenvalue weighted by molar-refractivity contribution is 7.09. The molecule has 4 nitrogen and oxygen atoms in total. The highest BCUT2D eigenvalue weighted by Gasteiger charge is 2.30. The largest absolute Gasteiger partial charge is 0.416 e. The van der Waals surface area contributed by atoms with Gasteiger partial charge in [-0.1, -0.05) is 6.07 Å². The molecule has 26 heavy (non-hydrogen) atoms. The van der Waals surface area contributed by atoms with Crippen molar-refractivity contribution >= 4 is 22.9 Å². The van der Waals surface area contributed by atoms with E-state index in [2.05, 4.69) is 15.3 Å². The van der Waals surface area contributed by atoms with E-state index in [1.54, 1.807) is 12.4 Å². The number of amides is 1. The highest BCUT2D eigenvalue weighted by atomic mass is 32.1. The van der Waals surface area contributed by atoms with Gasteiger partial charge in [0.1, 0.15) is 0 Å². The van der Waals surface area contributed by atoms with E-state index in [0.717, 1.165) is 28.4 Å². The maximum atomic E-state index is 12.7. The molecule has 1 aromatic carbocycles. The number of nitrogens with one attached hydrogen (secondary N) is 1. The molecule has 2 aromatic heterocycles. The second-order valence-corrected chi connectivity index (χ2v) is 6.44. The van der Waals surface area contributed by atoms with Crippen molar-refractivity contribution in [2.45, 2.75) is 19.0 Å². The van der Waals surface area contributed by atoms with E-state index >= 15 is 0 Å². The molecule has 1 N–H and O–H groups in total. The molecule has 0 unspecified atom stereocenters. The third kappa shape index (κ3) is 4.66. The van der Waals surface area contributed by atoms with E-state index in [-0.39, 0.29) is 18.0 Å². The summed E-state index contributed by atoms with van der Waals surface area (Å²) in [6.07, 6.45) is -0.510. The Morgan fingerprint density at radius 1 is 1.19 bits per heavy atom. The maximum absolute atomic E-state index is 12.7. The predicted molar refractivity (Wildman–Crippen MR) is 93.7 cm³/mol. The van der Waals surface area contributed by atoms with Crippen molar-refractivity contribution in [1.82, 2.24) is 9.97 Å². The van der Waals surface area contributed by atoms with Crippen LogP contribution in [0, 0.1) is 0 Å². The number of thiazole rings is 1. The summed E-state index contributed by atoms with van der Waals surface area (Å²) in [5.74, 6) is -0.359. The number of aromatic nitrogens is 2. The molecule has 0 saturated heterocycles. The molecule has 2 heterocycles. The first-order chi connectivity index (χ1) is 12.4. The van der Waals surface area contributed by atoms with Crippen LogP contribution in [-0.4, -0.2) is 15.9 Å². The molecule has 0 aliphatic carbocycles. The molecule has 0 spiro atoms. The smallest absolute Gasteiger partial charge is 0.326 e. The Hall–Kier alpha value is -2.74.